The van der Waals surface area contributed by atoms with Crippen molar-refractivity contribution in [3.05, 3.63) is 29.1 Å². The van der Waals surface area contributed by atoms with Crippen LogP contribution in [0.5, 0.6) is 5.75 Å². The number of benzene rings is 1. The molecule has 0 amide bonds. The van der Waals surface area contributed by atoms with E-state index < -0.39 is 24.5 Å². The first kappa shape index (κ1) is 15.8. The van der Waals surface area contributed by atoms with Crippen LogP contribution in [0.15, 0.2) is 12.1 Å². The summed E-state index contributed by atoms with van der Waals surface area (Å²) in [6.45, 7) is 3.14. The van der Waals surface area contributed by atoms with Gasteiger partial charge < -0.3 is 10.5 Å². The van der Waals surface area contributed by atoms with E-state index in [0.29, 0.717) is 16.9 Å². The van der Waals surface area contributed by atoms with Crippen LogP contribution in [0.3, 0.4) is 0 Å². The second-order valence-electron chi connectivity index (χ2n) is 4.50. The average Bonchev–Trinajstić information content (AvgIpc) is 2.27. The van der Waals surface area contributed by atoms with E-state index in [1.165, 1.54) is 12.1 Å². The van der Waals surface area contributed by atoms with Crippen LogP contribution >= 0.6 is 0 Å². The molecule has 1 atom stereocenters. The van der Waals surface area contributed by atoms with Crippen LogP contribution in [0.1, 0.15) is 36.9 Å². The Morgan fingerprint density at radius 2 is 1.95 bits per heavy atom. The van der Waals surface area contributed by atoms with Crippen LogP contribution in [0.25, 0.3) is 0 Å². The third kappa shape index (κ3) is 5.06. The lowest BCUT2D eigenvalue weighted by atomic mass is 10.1. The third-order valence-electron chi connectivity index (χ3n) is 2.64. The summed E-state index contributed by atoms with van der Waals surface area (Å²) in [6.07, 6.45) is -5.23. The summed E-state index contributed by atoms with van der Waals surface area (Å²) >= 11 is 0. The van der Waals surface area contributed by atoms with E-state index in [1.54, 1.807) is 13.8 Å². The molecule has 0 saturated carbocycles. The van der Waals surface area contributed by atoms with Crippen molar-refractivity contribution in [2.24, 2.45) is 5.73 Å². The smallest absolute Gasteiger partial charge is 0.389 e. The van der Waals surface area contributed by atoms with Crippen LogP contribution in [0.2, 0.25) is 0 Å². The predicted octanol–water partition coefficient (Wildman–Crippen LogP) is 3.88. The summed E-state index contributed by atoms with van der Waals surface area (Å²) in [5, 5.41) is 0. The molecule has 0 fully saturated rings. The first-order valence-electron chi connectivity index (χ1n) is 5.96. The number of hydrogen-bond donors (Lipinski definition) is 1. The summed E-state index contributed by atoms with van der Waals surface area (Å²) in [5.74, 6) is -0.0639. The minimum Gasteiger partial charge on any atom is -0.493 e. The third-order valence-corrected chi connectivity index (χ3v) is 2.64. The molecule has 0 saturated heterocycles. The molecule has 19 heavy (non-hydrogen) atoms. The van der Waals surface area contributed by atoms with Gasteiger partial charge >= 0.3 is 6.18 Å². The highest BCUT2D eigenvalue weighted by molar-refractivity contribution is 5.39. The SMILES string of the molecule is Cc1cc(OCCCC(F)(F)F)c([C@@H](C)N)cc1F. The quantitative estimate of drug-likeness (QED) is 0.656. The average molecular weight is 279 g/mol. The Morgan fingerprint density at radius 1 is 1.32 bits per heavy atom. The Balaban J connectivity index is 2.69. The first-order chi connectivity index (χ1) is 8.70. The Hall–Kier alpha value is -1.30. The standard InChI is InChI=1S/C13H17F4NO/c1-8-6-12(10(9(2)18)7-11(8)14)19-5-3-4-13(15,16)17/h6-7,9H,3-5,18H2,1-2H3/t9-/m1/s1. The number of ether oxygens (including phenoxy) is 1. The number of rotatable bonds is 5. The van der Waals surface area contributed by atoms with Gasteiger partial charge in [-0.25, -0.2) is 4.39 Å². The zero-order chi connectivity index (χ0) is 14.6. The molecular weight excluding hydrogens is 262 g/mol. The number of halogens is 4. The van der Waals surface area contributed by atoms with Crippen LogP contribution in [-0.4, -0.2) is 12.8 Å². The second-order valence-corrected chi connectivity index (χ2v) is 4.50. The van der Waals surface area contributed by atoms with E-state index in [2.05, 4.69) is 0 Å². The van der Waals surface area contributed by atoms with Crippen molar-refractivity contribution in [3.63, 3.8) is 0 Å². The summed E-state index contributed by atoms with van der Waals surface area (Å²) in [5.41, 5.74) is 6.50. The molecule has 0 bridgehead atoms. The van der Waals surface area contributed by atoms with Gasteiger partial charge in [0, 0.05) is 18.0 Å². The highest BCUT2D eigenvalue weighted by Gasteiger charge is 2.26. The van der Waals surface area contributed by atoms with Crippen molar-refractivity contribution in [2.75, 3.05) is 6.61 Å². The van der Waals surface area contributed by atoms with E-state index in [-0.39, 0.29) is 13.0 Å². The number of nitrogens with two attached hydrogens (primary N) is 1. The molecule has 2 N–H and O–H groups in total. The fourth-order valence-electron chi connectivity index (χ4n) is 1.61. The zero-order valence-corrected chi connectivity index (χ0v) is 10.9. The minimum absolute atomic E-state index is 0.0791. The lowest BCUT2D eigenvalue weighted by Crippen LogP contribution is -2.12. The van der Waals surface area contributed by atoms with Gasteiger partial charge in [0.2, 0.25) is 0 Å². The Bertz CT molecular complexity index is 429. The van der Waals surface area contributed by atoms with E-state index in [9.17, 15) is 17.6 Å². The normalized spacial score (nSPS) is 13.4. The Labute approximate surface area is 109 Å². The van der Waals surface area contributed by atoms with Gasteiger partial charge in [-0.1, -0.05) is 0 Å². The lowest BCUT2D eigenvalue weighted by Gasteiger charge is -2.15. The summed E-state index contributed by atoms with van der Waals surface area (Å²) in [6, 6.07) is 2.27. The predicted molar refractivity (Wildman–Crippen MR) is 64.5 cm³/mol. The fraction of sp³-hybridized carbons (Fsp3) is 0.538. The van der Waals surface area contributed by atoms with Crippen LogP contribution < -0.4 is 10.5 Å². The van der Waals surface area contributed by atoms with Gasteiger partial charge in [-0.05, 0) is 38.0 Å². The lowest BCUT2D eigenvalue weighted by molar-refractivity contribution is -0.136. The van der Waals surface area contributed by atoms with Gasteiger partial charge in [0.05, 0.1) is 6.61 Å². The van der Waals surface area contributed by atoms with E-state index in [1.807, 2.05) is 0 Å². The number of alkyl halides is 3. The van der Waals surface area contributed by atoms with Gasteiger partial charge in [0.25, 0.3) is 0 Å². The molecule has 108 valence electrons. The van der Waals surface area contributed by atoms with Crippen molar-refractivity contribution < 1.29 is 22.3 Å². The molecule has 0 unspecified atom stereocenters. The van der Waals surface area contributed by atoms with Gasteiger partial charge in [0.1, 0.15) is 11.6 Å². The van der Waals surface area contributed by atoms with Crippen LogP contribution in [-0.2, 0) is 0 Å². The number of hydrogen-bond acceptors (Lipinski definition) is 2. The molecule has 0 spiro atoms. The van der Waals surface area contributed by atoms with Gasteiger partial charge in [-0.3, -0.25) is 0 Å². The second kappa shape index (κ2) is 6.23. The van der Waals surface area contributed by atoms with Gasteiger partial charge in [-0.2, -0.15) is 13.2 Å². The van der Waals surface area contributed by atoms with Crippen molar-refractivity contribution in [3.8, 4) is 5.75 Å². The molecule has 1 rings (SSSR count). The highest BCUT2D eigenvalue weighted by Crippen LogP contribution is 2.28. The first-order valence-corrected chi connectivity index (χ1v) is 5.96. The molecular formula is C13H17F4NO. The van der Waals surface area contributed by atoms with Crippen molar-refractivity contribution in [2.45, 2.75) is 38.9 Å². The van der Waals surface area contributed by atoms with Crippen molar-refractivity contribution >= 4 is 0 Å². The molecule has 0 aliphatic heterocycles. The zero-order valence-electron chi connectivity index (χ0n) is 10.9. The summed E-state index contributed by atoms with van der Waals surface area (Å²) in [7, 11) is 0. The molecule has 0 aliphatic rings. The van der Waals surface area contributed by atoms with Gasteiger partial charge in [-0.15, -0.1) is 0 Å². The van der Waals surface area contributed by atoms with E-state index in [4.69, 9.17) is 10.5 Å². The van der Waals surface area contributed by atoms with Crippen LogP contribution in [0, 0.1) is 12.7 Å². The molecule has 1 aromatic rings. The fourth-order valence-corrected chi connectivity index (χ4v) is 1.61. The minimum atomic E-state index is -4.19. The molecule has 1 aromatic carbocycles. The van der Waals surface area contributed by atoms with Crippen molar-refractivity contribution in [1.82, 2.24) is 0 Å². The topological polar surface area (TPSA) is 35.2 Å². The van der Waals surface area contributed by atoms with E-state index >= 15 is 0 Å². The van der Waals surface area contributed by atoms with Crippen molar-refractivity contribution in [1.29, 1.82) is 0 Å². The molecule has 0 aromatic heterocycles. The Kier molecular flexibility index (Phi) is 5.17. The largest absolute Gasteiger partial charge is 0.493 e. The van der Waals surface area contributed by atoms with Gasteiger partial charge in [0.15, 0.2) is 0 Å². The molecule has 2 nitrogen and oxygen atoms in total. The Morgan fingerprint density at radius 3 is 2.47 bits per heavy atom. The maximum absolute atomic E-state index is 13.4. The number of aryl methyl sites for hydroxylation is 1. The van der Waals surface area contributed by atoms with Crippen LogP contribution in [0.4, 0.5) is 17.6 Å². The molecule has 0 aliphatic carbocycles. The summed E-state index contributed by atoms with van der Waals surface area (Å²) < 4.78 is 54.6. The molecule has 0 radical (unpaired) electrons. The van der Waals surface area contributed by atoms with E-state index in [0.717, 1.165) is 0 Å². The maximum Gasteiger partial charge on any atom is 0.389 e. The maximum atomic E-state index is 13.4. The highest BCUT2D eigenvalue weighted by atomic mass is 19.4. The summed E-state index contributed by atoms with van der Waals surface area (Å²) in [4.78, 5) is 0. The monoisotopic (exact) mass is 279 g/mol. The molecule has 6 heteroatoms. The molecule has 0 heterocycles.